The van der Waals surface area contributed by atoms with E-state index in [1.54, 1.807) is 17.0 Å². The number of cyclic esters (lactones) is 1. The van der Waals surface area contributed by atoms with Crippen molar-refractivity contribution in [3.05, 3.63) is 120 Å². The van der Waals surface area contributed by atoms with E-state index in [-0.39, 0.29) is 49.8 Å². The van der Waals surface area contributed by atoms with Gasteiger partial charge in [-0.05, 0) is 54.5 Å². The number of benzene rings is 3. The second kappa shape index (κ2) is 16.4. The molecule has 0 fully saturated rings. The van der Waals surface area contributed by atoms with E-state index >= 15 is 0 Å². The van der Waals surface area contributed by atoms with Crippen molar-refractivity contribution in [3.63, 3.8) is 0 Å². The Kier molecular flexibility index (Phi) is 12.0. The lowest BCUT2D eigenvalue weighted by molar-refractivity contribution is -0.150. The molecule has 4 rings (SSSR count). The first-order valence-corrected chi connectivity index (χ1v) is 14.7. The molecule has 7 nitrogen and oxygen atoms in total. The molecule has 1 aliphatic rings. The van der Waals surface area contributed by atoms with Gasteiger partial charge in [0.15, 0.2) is 0 Å². The zero-order valence-corrected chi connectivity index (χ0v) is 24.2. The van der Waals surface area contributed by atoms with Crippen molar-refractivity contribution >= 4 is 17.8 Å². The van der Waals surface area contributed by atoms with Gasteiger partial charge in [0.1, 0.15) is 12.4 Å². The van der Waals surface area contributed by atoms with E-state index in [1.807, 2.05) is 72.8 Å². The lowest BCUT2D eigenvalue weighted by Crippen LogP contribution is -2.45. The van der Waals surface area contributed by atoms with Crippen LogP contribution in [0.25, 0.3) is 0 Å². The van der Waals surface area contributed by atoms with Gasteiger partial charge in [-0.25, -0.2) is 4.39 Å². The number of allylic oxidation sites excluding steroid dienone is 2. The summed E-state index contributed by atoms with van der Waals surface area (Å²) in [5.74, 6) is -2.37. The number of hydrogen-bond donors (Lipinski definition) is 2. The number of rotatable bonds is 10. The Bertz CT molecular complexity index is 1350. The van der Waals surface area contributed by atoms with Crippen molar-refractivity contribution in [3.8, 4) is 0 Å². The van der Waals surface area contributed by atoms with Crippen molar-refractivity contribution in [2.24, 2.45) is 11.8 Å². The van der Waals surface area contributed by atoms with Crippen molar-refractivity contribution in [1.82, 2.24) is 10.2 Å². The van der Waals surface area contributed by atoms with Crippen molar-refractivity contribution in [1.29, 1.82) is 0 Å². The Balaban J connectivity index is 1.53. The first kappa shape index (κ1) is 31.6. The topological polar surface area (TPSA) is 95.9 Å². The molecule has 0 bridgehead atoms. The second-order valence-electron chi connectivity index (χ2n) is 10.9. The third kappa shape index (κ3) is 10.2. The average Bonchev–Trinajstić information content (AvgIpc) is 3.01. The van der Waals surface area contributed by atoms with Crippen LogP contribution in [-0.2, 0) is 38.5 Å². The molecular formula is C35H39FN2O5. The van der Waals surface area contributed by atoms with Gasteiger partial charge in [0.25, 0.3) is 0 Å². The first-order chi connectivity index (χ1) is 20.9. The van der Waals surface area contributed by atoms with E-state index in [2.05, 4.69) is 5.32 Å². The summed E-state index contributed by atoms with van der Waals surface area (Å²) in [4.78, 5) is 41.8. The molecule has 226 valence electrons. The van der Waals surface area contributed by atoms with Gasteiger partial charge in [-0.15, -0.1) is 0 Å². The number of halogens is 1. The van der Waals surface area contributed by atoms with E-state index in [0.717, 1.165) is 16.7 Å². The lowest BCUT2D eigenvalue weighted by atomic mass is 9.93. The summed E-state index contributed by atoms with van der Waals surface area (Å²) in [5.41, 5.74) is 2.73. The summed E-state index contributed by atoms with van der Waals surface area (Å²) >= 11 is 0. The largest absolute Gasteiger partial charge is 0.463 e. The van der Waals surface area contributed by atoms with Gasteiger partial charge in [0, 0.05) is 19.5 Å². The molecule has 3 atom stereocenters. The molecule has 2 amide bonds. The standard InChI is InChI=1S/C35H39FN2O5/c36-31-17-15-27(16-18-31)21-30-14-8-7-13-29(23-33(40)38(19-20-39)24-28-11-5-2-6-12-28)34(41)37-32(25-43-35(30)42)22-26-9-3-1-4-10-26/h1-12,15-18,29-30,32,39H,13-14,19-25H2,(H,37,41)/b8-7-/t29-,30-,32-/m0/s1. The molecule has 0 radical (unpaired) electrons. The summed E-state index contributed by atoms with van der Waals surface area (Å²) in [6.07, 6.45) is 5.18. The molecule has 2 N–H and O–H groups in total. The quantitative estimate of drug-likeness (QED) is 0.267. The van der Waals surface area contributed by atoms with Gasteiger partial charge in [-0.3, -0.25) is 14.4 Å². The van der Waals surface area contributed by atoms with Crippen molar-refractivity contribution in [2.75, 3.05) is 19.8 Å². The van der Waals surface area contributed by atoms with E-state index in [1.165, 1.54) is 12.1 Å². The molecule has 0 saturated heterocycles. The molecule has 0 aromatic heterocycles. The van der Waals surface area contributed by atoms with Crippen molar-refractivity contribution in [2.45, 2.75) is 44.7 Å². The molecule has 1 heterocycles. The lowest BCUT2D eigenvalue weighted by Gasteiger charge is -2.26. The van der Waals surface area contributed by atoms with Crippen LogP contribution in [0.15, 0.2) is 97.1 Å². The highest BCUT2D eigenvalue weighted by atomic mass is 19.1. The maximum atomic E-state index is 13.6. The number of esters is 1. The van der Waals surface area contributed by atoms with Gasteiger partial charge >= 0.3 is 5.97 Å². The molecule has 0 unspecified atom stereocenters. The predicted octanol–water partition coefficient (Wildman–Crippen LogP) is 4.63. The Hall–Kier alpha value is -4.30. The summed E-state index contributed by atoms with van der Waals surface area (Å²) in [6.45, 7) is 0.293. The van der Waals surface area contributed by atoms with Gasteiger partial charge in [-0.1, -0.05) is 84.9 Å². The zero-order valence-electron chi connectivity index (χ0n) is 24.2. The fourth-order valence-corrected chi connectivity index (χ4v) is 5.20. The number of nitrogens with zero attached hydrogens (tertiary/aromatic N) is 1. The number of hydrogen-bond acceptors (Lipinski definition) is 5. The molecule has 0 aliphatic carbocycles. The zero-order chi connectivity index (χ0) is 30.4. The number of carbonyl (C=O) groups excluding carboxylic acids is 3. The van der Waals surface area contributed by atoms with Crippen LogP contribution < -0.4 is 5.32 Å². The molecule has 43 heavy (non-hydrogen) atoms. The summed E-state index contributed by atoms with van der Waals surface area (Å²) in [5, 5.41) is 12.7. The van der Waals surface area contributed by atoms with Crippen LogP contribution in [-0.4, -0.2) is 53.6 Å². The molecule has 0 spiro atoms. The van der Waals surface area contributed by atoms with E-state index in [9.17, 15) is 23.9 Å². The van der Waals surface area contributed by atoms with Crippen LogP contribution >= 0.6 is 0 Å². The Morgan fingerprint density at radius 1 is 0.837 bits per heavy atom. The monoisotopic (exact) mass is 586 g/mol. The van der Waals surface area contributed by atoms with Crippen LogP contribution in [0.1, 0.15) is 36.0 Å². The third-order valence-electron chi connectivity index (χ3n) is 7.57. The van der Waals surface area contributed by atoms with Crippen LogP contribution in [0.2, 0.25) is 0 Å². The van der Waals surface area contributed by atoms with Gasteiger partial charge in [0.2, 0.25) is 11.8 Å². The van der Waals surface area contributed by atoms with Crippen LogP contribution in [0.3, 0.4) is 0 Å². The van der Waals surface area contributed by atoms with Crippen LogP contribution in [0, 0.1) is 17.7 Å². The van der Waals surface area contributed by atoms with E-state index in [0.29, 0.717) is 32.2 Å². The highest BCUT2D eigenvalue weighted by molar-refractivity contribution is 5.86. The number of ether oxygens (including phenoxy) is 1. The highest BCUT2D eigenvalue weighted by Crippen LogP contribution is 2.20. The number of carbonyl (C=O) groups is 3. The fraction of sp³-hybridized carbons (Fsp3) is 0.343. The highest BCUT2D eigenvalue weighted by Gasteiger charge is 2.28. The SMILES string of the molecule is O=C1N[C@@H](Cc2ccccc2)COC(=O)[C@H](Cc2ccc(F)cc2)C/C=C\C[C@H]1CC(=O)N(CCO)Cc1ccccc1. The van der Waals surface area contributed by atoms with Crippen LogP contribution in [0.5, 0.6) is 0 Å². The minimum absolute atomic E-state index is 0.0194. The van der Waals surface area contributed by atoms with E-state index < -0.39 is 17.9 Å². The molecule has 0 saturated carbocycles. The number of amides is 2. The molecular weight excluding hydrogens is 547 g/mol. The number of aliphatic hydroxyl groups is 1. The predicted molar refractivity (Wildman–Crippen MR) is 162 cm³/mol. The molecule has 8 heteroatoms. The van der Waals surface area contributed by atoms with E-state index in [4.69, 9.17) is 4.74 Å². The van der Waals surface area contributed by atoms with Gasteiger partial charge in [0.05, 0.1) is 24.5 Å². The average molecular weight is 587 g/mol. The van der Waals surface area contributed by atoms with Crippen molar-refractivity contribution < 1.29 is 28.6 Å². The second-order valence-corrected chi connectivity index (χ2v) is 10.9. The smallest absolute Gasteiger partial charge is 0.309 e. The first-order valence-electron chi connectivity index (χ1n) is 14.7. The van der Waals surface area contributed by atoms with Gasteiger partial charge in [-0.2, -0.15) is 0 Å². The van der Waals surface area contributed by atoms with Crippen LogP contribution in [0.4, 0.5) is 4.39 Å². The Morgan fingerprint density at radius 2 is 1.44 bits per heavy atom. The minimum atomic E-state index is -0.648. The molecule has 1 aliphatic heterocycles. The maximum absolute atomic E-state index is 13.6. The third-order valence-corrected chi connectivity index (χ3v) is 7.57. The Labute approximate surface area is 252 Å². The number of nitrogens with one attached hydrogen (secondary N) is 1. The normalized spacial score (nSPS) is 20.2. The fourth-order valence-electron chi connectivity index (χ4n) is 5.20. The summed E-state index contributed by atoms with van der Waals surface area (Å²) < 4.78 is 19.2. The molecule has 3 aromatic carbocycles. The maximum Gasteiger partial charge on any atom is 0.309 e. The Morgan fingerprint density at radius 3 is 2.09 bits per heavy atom. The number of aliphatic hydroxyl groups excluding tert-OH is 1. The summed E-state index contributed by atoms with van der Waals surface area (Å²) in [7, 11) is 0. The summed E-state index contributed by atoms with van der Waals surface area (Å²) in [6, 6.07) is 24.7. The van der Waals surface area contributed by atoms with Gasteiger partial charge < -0.3 is 20.1 Å². The molecule has 3 aromatic rings. The minimum Gasteiger partial charge on any atom is -0.463 e.